The van der Waals surface area contributed by atoms with E-state index in [9.17, 15) is 4.79 Å². The van der Waals surface area contributed by atoms with Gasteiger partial charge in [0.15, 0.2) is 11.5 Å². The maximum absolute atomic E-state index is 12.6. The predicted octanol–water partition coefficient (Wildman–Crippen LogP) is 9.55. The van der Waals surface area contributed by atoms with Crippen molar-refractivity contribution in [3.63, 3.8) is 0 Å². The van der Waals surface area contributed by atoms with Gasteiger partial charge in [-0.15, -0.1) is 0 Å². The number of benzene rings is 3. The molecule has 3 aromatic carbocycles. The van der Waals surface area contributed by atoms with Gasteiger partial charge in [0.2, 0.25) is 0 Å². The highest BCUT2D eigenvalue weighted by Gasteiger charge is 2.13. The lowest BCUT2D eigenvalue weighted by Gasteiger charge is -2.12. The molecule has 0 aliphatic carbocycles. The van der Waals surface area contributed by atoms with Crippen LogP contribution in [0.2, 0.25) is 5.02 Å². The van der Waals surface area contributed by atoms with E-state index in [2.05, 4.69) is 88.9 Å². The maximum Gasteiger partial charge on any atom is 0.307 e. The zero-order chi connectivity index (χ0) is 30.5. The number of amides is 1. The molecule has 2 aromatic heterocycles. The molecule has 0 saturated heterocycles. The molecule has 2 heterocycles. The Balaban J connectivity index is 1.13. The standard InChI is InChI=1S/C32H25Br3ClN3O4/c1-19-3-4-20(2)39(19)24-7-9-25(10-8-24)41-18-26-11-12-30(43-26)32(40)38-37-16-21-13-28(35)31(29(36)14-21)42-17-22-5-6-23(33)15-27(22)34/h3-16H,17-18H2,1-2H3,(H,38,40)/b37-16+. The van der Waals surface area contributed by atoms with Crippen LogP contribution in [-0.4, -0.2) is 16.7 Å². The Morgan fingerprint density at radius 2 is 1.65 bits per heavy atom. The zero-order valence-corrected chi connectivity index (χ0v) is 28.6. The van der Waals surface area contributed by atoms with Crippen molar-refractivity contribution < 1.29 is 18.7 Å². The molecule has 5 rings (SSSR count). The molecule has 43 heavy (non-hydrogen) atoms. The minimum Gasteiger partial charge on any atom is -0.486 e. The molecule has 0 atom stereocenters. The van der Waals surface area contributed by atoms with Crippen molar-refractivity contribution in [3.05, 3.63) is 131 Å². The number of rotatable bonds is 10. The van der Waals surface area contributed by atoms with Crippen molar-refractivity contribution in [2.24, 2.45) is 5.10 Å². The second-order valence-corrected chi connectivity index (χ2v) is 12.6. The topological polar surface area (TPSA) is 78.0 Å². The van der Waals surface area contributed by atoms with E-state index in [1.807, 2.05) is 42.5 Å². The number of carbonyl (C=O) groups excluding carboxylic acids is 1. The van der Waals surface area contributed by atoms with Crippen LogP contribution in [0, 0.1) is 13.8 Å². The molecule has 0 bridgehead atoms. The van der Waals surface area contributed by atoms with Gasteiger partial charge in [-0.05, 0) is 108 Å². The average molecular weight is 791 g/mol. The Bertz CT molecular complexity index is 1760. The third kappa shape index (κ3) is 7.80. The van der Waals surface area contributed by atoms with Gasteiger partial charge in [-0.1, -0.05) is 49.5 Å². The highest BCUT2D eigenvalue weighted by molar-refractivity contribution is 9.11. The second kappa shape index (κ2) is 14.0. The summed E-state index contributed by atoms with van der Waals surface area (Å²) in [6, 6.07) is 24.6. The van der Waals surface area contributed by atoms with Crippen LogP contribution in [0.25, 0.3) is 5.69 Å². The number of aromatic nitrogens is 1. The van der Waals surface area contributed by atoms with E-state index in [1.165, 1.54) is 6.21 Å². The smallest absolute Gasteiger partial charge is 0.307 e. The van der Waals surface area contributed by atoms with Crippen LogP contribution in [0.15, 0.2) is 102 Å². The van der Waals surface area contributed by atoms with Crippen LogP contribution in [0.1, 0.15) is 38.8 Å². The summed E-state index contributed by atoms with van der Waals surface area (Å²) in [7, 11) is 0. The molecule has 0 aliphatic rings. The number of ether oxygens (including phenoxy) is 2. The van der Waals surface area contributed by atoms with Crippen molar-refractivity contribution in [3.8, 4) is 17.2 Å². The molecule has 1 N–H and O–H groups in total. The highest BCUT2D eigenvalue weighted by atomic mass is 79.9. The summed E-state index contributed by atoms with van der Waals surface area (Å²) in [6.45, 7) is 4.65. The summed E-state index contributed by atoms with van der Waals surface area (Å²) >= 11 is 17.0. The fraction of sp³-hybridized carbons (Fsp3) is 0.125. The van der Waals surface area contributed by atoms with Gasteiger partial charge in [0.1, 0.15) is 24.7 Å². The number of hydrogen-bond acceptors (Lipinski definition) is 5. The summed E-state index contributed by atoms with van der Waals surface area (Å²) in [5.41, 5.74) is 7.50. The van der Waals surface area contributed by atoms with E-state index in [0.29, 0.717) is 38.9 Å². The monoisotopic (exact) mass is 787 g/mol. The Morgan fingerprint density at radius 3 is 2.35 bits per heavy atom. The first kappa shape index (κ1) is 31.1. The van der Waals surface area contributed by atoms with Crippen LogP contribution < -0.4 is 14.9 Å². The Hall–Kier alpha value is -3.31. The third-order valence-electron chi connectivity index (χ3n) is 6.42. The van der Waals surface area contributed by atoms with Gasteiger partial charge in [0.25, 0.3) is 0 Å². The Labute approximate surface area is 279 Å². The lowest BCUT2D eigenvalue weighted by molar-refractivity contribution is 0.0923. The highest BCUT2D eigenvalue weighted by Crippen LogP contribution is 2.35. The minimum absolute atomic E-state index is 0.117. The van der Waals surface area contributed by atoms with Crippen LogP contribution >= 0.6 is 59.4 Å². The SMILES string of the molecule is Cc1ccc(C)n1-c1ccc(OCc2ccc(C(=O)N/N=C/c3cc(Cl)c(OCc4ccc(Br)cc4Br)c(Br)c3)o2)cc1. The molecule has 0 radical (unpaired) electrons. The predicted molar refractivity (Wildman–Crippen MR) is 179 cm³/mol. The van der Waals surface area contributed by atoms with E-state index < -0.39 is 5.91 Å². The molecular weight excluding hydrogens is 766 g/mol. The first-order chi connectivity index (χ1) is 20.7. The van der Waals surface area contributed by atoms with Gasteiger partial charge >= 0.3 is 5.91 Å². The number of furan rings is 1. The third-order valence-corrected chi connectivity index (χ3v) is 8.52. The summed E-state index contributed by atoms with van der Waals surface area (Å²) in [4.78, 5) is 12.6. The van der Waals surface area contributed by atoms with Gasteiger partial charge < -0.3 is 18.5 Å². The summed E-state index contributed by atoms with van der Waals surface area (Å²) in [5, 5.41) is 4.44. The largest absolute Gasteiger partial charge is 0.486 e. The van der Waals surface area contributed by atoms with Crippen LogP contribution in [0.3, 0.4) is 0 Å². The van der Waals surface area contributed by atoms with Crippen molar-refractivity contribution >= 4 is 71.5 Å². The molecule has 220 valence electrons. The van der Waals surface area contributed by atoms with Crippen molar-refractivity contribution in [2.75, 3.05) is 0 Å². The fourth-order valence-corrected chi connectivity index (χ4v) is 6.45. The van der Waals surface area contributed by atoms with E-state index in [-0.39, 0.29) is 12.4 Å². The number of nitrogens with zero attached hydrogens (tertiary/aromatic N) is 2. The van der Waals surface area contributed by atoms with Crippen molar-refractivity contribution in [1.82, 2.24) is 9.99 Å². The number of hydrogen-bond donors (Lipinski definition) is 1. The fourth-order valence-electron chi connectivity index (χ4n) is 4.30. The molecule has 0 aliphatic heterocycles. The first-order valence-electron chi connectivity index (χ1n) is 13.0. The van der Waals surface area contributed by atoms with E-state index in [1.54, 1.807) is 24.3 Å². The normalized spacial score (nSPS) is 11.2. The molecule has 0 fully saturated rings. The number of carbonyl (C=O) groups is 1. The molecule has 5 aromatic rings. The Morgan fingerprint density at radius 1 is 0.907 bits per heavy atom. The number of aryl methyl sites for hydroxylation is 2. The van der Waals surface area contributed by atoms with Crippen LogP contribution in [0.4, 0.5) is 0 Å². The minimum atomic E-state index is -0.491. The molecule has 0 spiro atoms. The van der Waals surface area contributed by atoms with Gasteiger partial charge in [0, 0.05) is 31.6 Å². The quantitative estimate of drug-likeness (QED) is 0.113. The van der Waals surface area contributed by atoms with Gasteiger partial charge in [-0.3, -0.25) is 4.79 Å². The lowest BCUT2D eigenvalue weighted by atomic mass is 10.2. The summed E-state index contributed by atoms with van der Waals surface area (Å²) < 4.78 is 22.2. The van der Waals surface area contributed by atoms with Crippen molar-refractivity contribution in [2.45, 2.75) is 27.1 Å². The van der Waals surface area contributed by atoms with Crippen molar-refractivity contribution in [1.29, 1.82) is 0 Å². The number of nitrogens with one attached hydrogen (secondary N) is 1. The van der Waals surface area contributed by atoms with Gasteiger partial charge in [-0.2, -0.15) is 5.10 Å². The first-order valence-corrected chi connectivity index (χ1v) is 15.8. The molecule has 1 amide bonds. The van der Waals surface area contributed by atoms with Crippen LogP contribution in [0.5, 0.6) is 11.5 Å². The molecule has 0 saturated carbocycles. The van der Waals surface area contributed by atoms with Gasteiger partial charge in [-0.25, -0.2) is 5.43 Å². The van der Waals surface area contributed by atoms with E-state index in [4.69, 9.17) is 25.5 Å². The molecular formula is C32H25Br3ClN3O4. The number of halogens is 4. The summed E-state index contributed by atoms with van der Waals surface area (Å²) in [6.07, 6.45) is 1.48. The lowest BCUT2D eigenvalue weighted by Crippen LogP contribution is -2.16. The van der Waals surface area contributed by atoms with Crippen LogP contribution in [-0.2, 0) is 13.2 Å². The molecule has 0 unspecified atom stereocenters. The molecule has 11 heteroatoms. The zero-order valence-electron chi connectivity index (χ0n) is 23.0. The van der Waals surface area contributed by atoms with Gasteiger partial charge in [0.05, 0.1) is 15.7 Å². The van der Waals surface area contributed by atoms with E-state index in [0.717, 1.165) is 31.6 Å². The second-order valence-electron chi connectivity index (χ2n) is 9.54. The summed E-state index contributed by atoms with van der Waals surface area (Å²) in [5.74, 6) is 1.34. The number of hydrazone groups is 1. The Kier molecular flexibility index (Phi) is 10.1. The maximum atomic E-state index is 12.6. The molecule has 7 nitrogen and oxygen atoms in total. The average Bonchev–Trinajstić information content (AvgIpc) is 3.59. The van der Waals surface area contributed by atoms with E-state index >= 15 is 0 Å².